The number of amidine groups is 1. The van der Waals surface area contributed by atoms with Gasteiger partial charge in [0.05, 0.1) is 0 Å². The van der Waals surface area contributed by atoms with E-state index < -0.39 is 0 Å². The Labute approximate surface area is 129 Å². The molecule has 20 heavy (non-hydrogen) atoms. The lowest BCUT2D eigenvalue weighted by atomic mass is 10.1. The molecule has 2 heterocycles. The summed E-state index contributed by atoms with van der Waals surface area (Å²) in [5, 5.41) is 16.7. The lowest BCUT2D eigenvalue weighted by molar-refractivity contribution is 0.890. The minimum absolute atomic E-state index is 0.0595. The van der Waals surface area contributed by atoms with E-state index in [1.165, 1.54) is 28.7 Å². The van der Waals surface area contributed by atoms with Gasteiger partial charge in [-0.05, 0) is 48.9 Å². The monoisotopic (exact) mass is 323 g/mol. The van der Waals surface area contributed by atoms with Crippen LogP contribution in [0.5, 0.6) is 0 Å². The van der Waals surface area contributed by atoms with Crippen LogP contribution in [0.4, 0.5) is 0 Å². The molecule has 5 nitrogen and oxygen atoms in total. The van der Waals surface area contributed by atoms with E-state index >= 15 is 0 Å². The number of nitrogen functional groups attached to an aromatic ring is 1. The lowest BCUT2D eigenvalue weighted by Crippen LogP contribution is -2.14. The molecule has 2 aromatic heterocycles. The molecular weight excluding hydrogens is 310 g/mol. The summed E-state index contributed by atoms with van der Waals surface area (Å²) >= 11 is 4.55. The number of fused-ring (bicyclic) bond motifs is 1. The number of nitrogens with one attached hydrogen (secondary N) is 1. The second kappa shape index (κ2) is 5.71. The molecule has 0 aliphatic heterocycles. The van der Waals surface area contributed by atoms with Crippen LogP contribution in [0.3, 0.4) is 0 Å². The van der Waals surface area contributed by atoms with Crippen LogP contribution in [0, 0.1) is 5.41 Å². The van der Waals surface area contributed by atoms with Crippen molar-refractivity contribution in [2.45, 2.75) is 33.0 Å². The van der Waals surface area contributed by atoms with E-state index in [0.29, 0.717) is 5.56 Å². The normalized spacial score (nSPS) is 13.4. The van der Waals surface area contributed by atoms with Crippen LogP contribution in [0.25, 0.3) is 0 Å². The first-order chi connectivity index (χ1) is 9.67. The summed E-state index contributed by atoms with van der Waals surface area (Å²) in [6, 6.07) is 2.01. The average Bonchev–Trinajstić information content (AvgIpc) is 3.05. The highest BCUT2D eigenvalue weighted by atomic mass is 32.2. The summed E-state index contributed by atoms with van der Waals surface area (Å²) < 4.78 is 1.76. The molecule has 2 aromatic rings. The maximum absolute atomic E-state index is 7.73. The van der Waals surface area contributed by atoms with E-state index in [4.69, 9.17) is 11.1 Å². The quantitative estimate of drug-likeness (QED) is 0.511. The van der Waals surface area contributed by atoms with Gasteiger partial charge in [0.1, 0.15) is 10.9 Å². The summed E-state index contributed by atoms with van der Waals surface area (Å²) in [5.74, 6) is 0.0595. The number of thioether (sulfide) groups is 1. The van der Waals surface area contributed by atoms with Gasteiger partial charge in [-0.1, -0.05) is 23.1 Å². The number of aromatic nitrogens is 3. The third kappa shape index (κ3) is 2.68. The van der Waals surface area contributed by atoms with Crippen LogP contribution in [0.15, 0.2) is 19.8 Å². The highest BCUT2D eigenvalue weighted by Crippen LogP contribution is 2.35. The number of aryl methyl sites for hydroxylation is 2. The maximum Gasteiger partial charge on any atom is 0.181 e. The van der Waals surface area contributed by atoms with Crippen molar-refractivity contribution in [3.8, 4) is 0 Å². The van der Waals surface area contributed by atoms with E-state index in [0.717, 1.165) is 38.7 Å². The van der Waals surface area contributed by atoms with Crippen molar-refractivity contribution in [3.05, 3.63) is 22.9 Å². The Bertz CT molecular complexity index is 667. The first-order valence-electron chi connectivity index (χ1n) is 6.10. The molecule has 0 aromatic carbocycles. The van der Waals surface area contributed by atoms with Crippen molar-refractivity contribution >= 4 is 40.7 Å². The minimum atomic E-state index is 0.0595. The average molecular weight is 323 g/mol. The Hall–Kier alpha value is -1.12. The van der Waals surface area contributed by atoms with Crippen molar-refractivity contribution in [1.29, 1.82) is 5.41 Å². The van der Waals surface area contributed by atoms with Gasteiger partial charge >= 0.3 is 0 Å². The van der Waals surface area contributed by atoms with Crippen molar-refractivity contribution in [3.63, 3.8) is 0 Å². The molecule has 0 amide bonds. The summed E-state index contributed by atoms with van der Waals surface area (Å²) in [6.45, 7) is 0. The fraction of sp³-hybridized carbons (Fsp3) is 0.333. The van der Waals surface area contributed by atoms with Gasteiger partial charge in [0.2, 0.25) is 0 Å². The van der Waals surface area contributed by atoms with Crippen molar-refractivity contribution in [2.24, 2.45) is 5.73 Å². The number of rotatable bonds is 4. The molecule has 1 aliphatic carbocycles. The van der Waals surface area contributed by atoms with Crippen LogP contribution in [-0.2, 0) is 12.8 Å². The molecule has 3 rings (SSSR count). The molecule has 0 fully saturated rings. The number of nitrogens with two attached hydrogens (primary N) is 1. The van der Waals surface area contributed by atoms with Gasteiger partial charge in [0.15, 0.2) is 8.68 Å². The molecule has 0 unspecified atom stereocenters. The van der Waals surface area contributed by atoms with Gasteiger partial charge in [0.25, 0.3) is 0 Å². The van der Waals surface area contributed by atoms with Gasteiger partial charge in [-0.25, -0.2) is 4.98 Å². The molecule has 104 valence electrons. The maximum atomic E-state index is 7.73. The summed E-state index contributed by atoms with van der Waals surface area (Å²) in [6.07, 6.45) is 5.14. The van der Waals surface area contributed by atoms with Gasteiger partial charge < -0.3 is 5.73 Å². The molecule has 8 heteroatoms. The topological polar surface area (TPSA) is 88.5 Å². The van der Waals surface area contributed by atoms with Crippen molar-refractivity contribution in [2.75, 3.05) is 6.26 Å². The van der Waals surface area contributed by atoms with Crippen LogP contribution in [0.2, 0.25) is 0 Å². The van der Waals surface area contributed by atoms with Crippen LogP contribution in [-0.4, -0.2) is 27.3 Å². The van der Waals surface area contributed by atoms with E-state index in [-0.39, 0.29) is 5.84 Å². The fourth-order valence-electron chi connectivity index (χ4n) is 2.13. The van der Waals surface area contributed by atoms with E-state index in [1.807, 2.05) is 12.3 Å². The summed E-state index contributed by atoms with van der Waals surface area (Å²) in [4.78, 5) is 4.68. The molecule has 0 saturated heterocycles. The zero-order valence-electron chi connectivity index (χ0n) is 10.8. The smallest absolute Gasteiger partial charge is 0.181 e. The first kappa shape index (κ1) is 13.8. The van der Waals surface area contributed by atoms with Gasteiger partial charge in [-0.15, -0.1) is 10.2 Å². The van der Waals surface area contributed by atoms with Gasteiger partial charge in [-0.3, -0.25) is 5.41 Å². The Kier molecular flexibility index (Phi) is 3.95. The number of nitrogens with zero attached hydrogens (tertiary/aromatic N) is 3. The minimum Gasteiger partial charge on any atom is -0.384 e. The molecule has 0 radical (unpaired) electrons. The standard InChI is InChI=1S/C12H13N5S3/c1-18-11-16-17-12(20-11)19-10-7(9(13)14)5-6-3-2-4-8(6)15-10/h5H,2-4H2,1H3,(H3,13,14). The Morgan fingerprint density at radius 1 is 1.35 bits per heavy atom. The lowest BCUT2D eigenvalue weighted by Gasteiger charge is -2.08. The Morgan fingerprint density at radius 3 is 2.85 bits per heavy atom. The molecule has 1 aliphatic rings. The number of hydrogen-bond donors (Lipinski definition) is 2. The van der Waals surface area contributed by atoms with Crippen LogP contribution in [0.1, 0.15) is 23.2 Å². The Balaban J connectivity index is 1.97. The third-order valence-electron chi connectivity index (χ3n) is 3.05. The van der Waals surface area contributed by atoms with Crippen LogP contribution >= 0.6 is 34.9 Å². The molecule has 0 bridgehead atoms. The third-order valence-corrected chi connectivity index (χ3v) is 6.01. The number of hydrogen-bond acceptors (Lipinski definition) is 7. The predicted octanol–water partition coefficient (Wildman–Crippen LogP) is 2.58. The fourth-order valence-corrected chi connectivity index (χ4v) is 4.61. The molecule has 3 N–H and O–H groups in total. The zero-order chi connectivity index (χ0) is 14.1. The summed E-state index contributed by atoms with van der Waals surface area (Å²) in [7, 11) is 0. The molecule has 0 spiro atoms. The molecule has 0 atom stereocenters. The molecule has 0 saturated carbocycles. The SMILES string of the molecule is CSc1nnc(Sc2nc3c(cc2C(=N)N)CCC3)s1. The largest absolute Gasteiger partial charge is 0.384 e. The van der Waals surface area contributed by atoms with E-state index in [9.17, 15) is 0 Å². The highest BCUT2D eigenvalue weighted by Gasteiger charge is 2.19. The van der Waals surface area contributed by atoms with Gasteiger partial charge in [-0.2, -0.15) is 0 Å². The first-order valence-corrected chi connectivity index (χ1v) is 8.95. The zero-order valence-corrected chi connectivity index (χ0v) is 13.3. The molecular formula is C12H13N5S3. The van der Waals surface area contributed by atoms with Crippen LogP contribution < -0.4 is 5.73 Å². The summed E-state index contributed by atoms with van der Waals surface area (Å²) in [5.41, 5.74) is 8.75. The second-order valence-electron chi connectivity index (χ2n) is 4.35. The highest BCUT2D eigenvalue weighted by molar-refractivity contribution is 8.03. The van der Waals surface area contributed by atoms with E-state index in [1.54, 1.807) is 11.8 Å². The van der Waals surface area contributed by atoms with E-state index in [2.05, 4.69) is 15.2 Å². The van der Waals surface area contributed by atoms with Crippen molar-refractivity contribution < 1.29 is 0 Å². The van der Waals surface area contributed by atoms with Crippen molar-refractivity contribution in [1.82, 2.24) is 15.2 Å². The second-order valence-corrected chi connectivity index (χ2v) is 7.62. The predicted molar refractivity (Wildman–Crippen MR) is 83.1 cm³/mol. The van der Waals surface area contributed by atoms with Gasteiger partial charge in [0, 0.05) is 11.3 Å². The Morgan fingerprint density at radius 2 is 2.15 bits per heavy atom. The number of pyridine rings is 1.